The van der Waals surface area contributed by atoms with Crippen LogP contribution in [0.2, 0.25) is 0 Å². The lowest BCUT2D eigenvalue weighted by molar-refractivity contribution is 0.0687. The third kappa shape index (κ3) is 2.69. The van der Waals surface area contributed by atoms with Crippen LogP contribution in [-0.2, 0) is 0 Å². The number of nitrogens with zero attached hydrogens (tertiary/aromatic N) is 2. The smallest absolute Gasteiger partial charge is 0.356 e. The maximum atomic E-state index is 11.6. The molecule has 1 saturated carbocycles. The molecule has 2 fully saturated rings. The monoisotopic (exact) mass is 308 g/mol. The van der Waals surface area contributed by atoms with E-state index < -0.39 is 5.97 Å². The first-order chi connectivity index (χ1) is 10.0. The summed E-state index contributed by atoms with van der Waals surface area (Å²) in [6, 6.07) is 0. The van der Waals surface area contributed by atoms with Crippen molar-refractivity contribution in [1.29, 1.82) is 0 Å². The topological polar surface area (TPSA) is 70.5 Å². The van der Waals surface area contributed by atoms with E-state index in [1.54, 1.807) is 0 Å². The van der Waals surface area contributed by atoms with Gasteiger partial charge < -0.3 is 10.0 Å². The first kappa shape index (κ1) is 14.5. The molecule has 0 bridgehead atoms. The second-order valence-corrected chi connectivity index (χ2v) is 7.21. The van der Waals surface area contributed by atoms with Crippen LogP contribution in [0.15, 0.2) is 0 Å². The molecule has 3 rings (SSSR count). The second-order valence-electron chi connectivity index (χ2n) is 6.23. The van der Waals surface area contributed by atoms with Gasteiger partial charge in [0.1, 0.15) is 4.88 Å². The second kappa shape index (κ2) is 5.40. The molecule has 1 aromatic rings. The Bertz CT molecular complexity index is 534. The number of hydrogen-bond donors (Lipinski definition) is 1. The van der Waals surface area contributed by atoms with Gasteiger partial charge in [-0.3, -0.25) is 4.79 Å². The Morgan fingerprint density at radius 2 is 1.81 bits per heavy atom. The molecule has 0 amide bonds. The van der Waals surface area contributed by atoms with Crippen molar-refractivity contribution >= 4 is 28.2 Å². The molecule has 1 aliphatic carbocycles. The van der Waals surface area contributed by atoms with Gasteiger partial charge in [-0.15, -0.1) is 0 Å². The molecule has 1 aliphatic heterocycles. The molecule has 2 heterocycles. The molecular weight excluding hydrogens is 288 g/mol. The van der Waals surface area contributed by atoms with Crippen LogP contribution >= 0.6 is 11.3 Å². The van der Waals surface area contributed by atoms with Crippen molar-refractivity contribution in [2.75, 3.05) is 18.0 Å². The van der Waals surface area contributed by atoms with E-state index in [-0.39, 0.29) is 16.4 Å². The van der Waals surface area contributed by atoms with Gasteiger partial charge in [-0.25, -0.2) is 9.78 Å². The van der Waals surface area contributed by atoms with E-state index in [0.29, 0.717) is 10.5 Å². The first-order valence-corrected chi connectivity index (χ1v) is 8.32. The van der Waals surface area contributed by atoms with Crippen LogP contribution in [0.3, 0.4) is 0 Å². The zero-order chi connectivity index (χ0) is 15.0. The summed E-state index contributed by atoms with van der Waals surface area (Å²) in [6.45, 7) is 3.24. The van der Waals surface area contributed by atoms with E-state index in [2.05, 4.69) is 9.88 Å². The molecule has 0 unspecified atom stereocenters. The lowest BCUT2D eigenvalue weighted by atomic mass is 9.77. The standard InChI is InChI=1S/C15H20N2O3S/c1-10(18)12-11(13(19)20)16-14(21-12)17-8-6-15(7-9-17)4-2-3-5-15/h2-9H2,1H3,(H,19,20). The molecule has 1 saturated heterocycles. The third-order valence-electron chi connectivity index (χ3n) is 4.90. The fourth-order valence-corrected chi connectivity index (χ4v) is 4.63. The fourth-order valence-electron chi connectivity index (χ4n) is 3.63. The molecule has 6 heteroatoms. The number of aromatic nitrogens is 1. The molecule has 0 aromatic carbocycles. The molecule has 21 heavy (non-hydrogen) atoms. The van der Waals surface area contributed by atoms with Crippen molar-refractivity contribution in [2.24, 2.45) is 5.41 Å². The number of ketones is 1. The quantitative estimate of drug-likeness (QED) is 0.868. The van der Waals surface area contributed by atoms with E-state index in [9.17, 15) is 9.59 Å². The summed E-state index contributed by atoms with van der Waals surface area (Å²) in [5, 5.41) is 9.85. The number of carbonyl (C=O) groups excluding carboxylic acids is 1. The van der Waals surface area contributed by atoms with Gasteiger partial charge in [0.05, 0.1) is 0 Å². The van der Waals surface area contributed by atoms with Gasteiger partial charge in [-0.1, -0.05) is 24.2 Å². The Morgan fingerprint density at radius 1 is 1.19 bits per heavy atom. The van der Waals surface area contributed by atoms with Crippen LogP contribution < -0.4 is 4.90 Å². The van der Waals surface area contributed by atoms with Crippen molar-refractivity contribution in [2.45, 2.75) is 45.4 Å². The summed E-state index contributed by atoms with van der Waals surface area (Å²) < 4.78 is 0. The maximum absolute atomic E-state index is 11.6. The average molecular weight is 308 g/mol. The minimum absolute atomic E-state index is 0.0938. The Morgan fingerprint density at radius 3 is 2.29 bits per heavy atom. The molecule has 114 valence electrons. The highest BCUT2D eigenvalue weighted by Crippen LogP contribution is 2.47. The maximum Gasteiger partial charge on any atom is 0.356 e. The number of carbonyl (C=O) groups is 2. The van der Waals surface area contributed by atoms with Crippen molar-refractivity contribution in [3.05, 3.63) is 10.6 Å². The summed E-state index contributed by atoms with van der Waals surface area (Å²) in [4.78, 5) is 29.4. The number of Topliss-reactive ketones (excluding diaryl/α,β-unsaturated/α-hetero) is 1. The highest BCUT2D eigenvalue weighted by atomic mass is 32.1. The predicted molar refractivity (Wildman–Crippen MR) is 81.4 cm³/mol. The molecule has 1 N–H and O–H groups in total. The zero-order valence-corrected chi connectivity index (χ0v) is 13.0. The SMILES string of the molecule is CC(=O)c1sc(N2CCC3(CCCC3)CC2)nc1C(=O)O. The Labute approximate surface area is 128 Å². The van der Waals surface area contributed by atoms with Gasteiger partial charge in [0.15, 0.2) is 16.6 Å². The number of thiazole rings is 1. The molecule has 0 atom stereocenters. The van der Waals surface area contributed by atoms with Gasteiger partial charge in [-0.2, -0.15) is 0 Å². The van der Waals surface area contributed by atoms with Gasteiger partial charge in [-0.05, 0) is 31.1 Å². The van der Waals surface area contributed by atoms with E-state index >= 15 is 0 Å². The average Bonchev–Trinajstić information content (AvgIpc) is 3.07. The first-order valence-electron chi connectivity index (χ1n) is 7.51. The predicted octanol–water partition coefficient (Wildman–Crippen LogP) is 3.20. The van der Waals surface area contributed by atoms with E-state index in [1.807, 2.05) is 0 Å². The van der Waals surface area contributed by atoms with Crippen molar-refractivity contribution < 1.29 is 14.7 Å². The van der Waals surface area contributed by atoms with Gasteiger partial charge in [0.2, 0.25) is 0 Å². The van der Waals surface area contributed by atoms with Gasteiger partial charge in [0, 0.05) is 20.0 Å². The van der Waals surface area contributed by atoms with Crippen LogP contribution in [0.5, 0.6) is 0 Å². The molecular formula is C15H20N2O3S. The number of rotatable bonds is 3. The number of piperidine rings is 1. The molecule has 1 aromatic heterocycles. The van der Waals surface area contributed by atoms with Crippen molar-refractivity contribution in [3.8, 4) is 0 Å². The van der Waals surface area contributed by atoms with E-state index in [4.69, 9.17) is 5.11 Å². The molecule has 1 spiro atoms. The largest absolute Gasteiger partial charge is 0.476 e. The van der Waals surface area contributed by atoms with Crippen molar-refractivity contribution in [3.63, 3.8) is 0 Å². The van der Waals surface area contributed by atoms with E-state index in [0.717, 1.165) is 25.9 Å². The number of carboxylic acid groups (broad SMARTS) is 1. The number of aromatic carboxylic acids is 1. The highest BCUT2D eigenvalue weighted by molar-refractivity contribution is 7.17. The number of hydrogen-bond acceptors (Lipinski definition) is 5. The molecule has 5 nitrogen and oxygen atoms in total. The lowest BCUT2D eigenvalue weighted by Gasteiger charge is -2.39. The van der Waals surface area contributed by atoms with E-state index in [1.165, 1.54) is 43.9 Å². The van der Waals surface area contributed by atoms with Crippen LogP contribution in [0, 0.1) is 5.41 Å². The Balaban J connectivity index is 1.77. The lowest BCUT2D eigenvalue weighted by Crippen LogP contribution is -2.38. The summed E-state index contributed by atoms with van der Waals surface area (Å²) in [6.07, 6.45) is 7.66. The molecule has 0 radical (unpaired) electrons. The third-order valence-corrected chi connectivity index (χ3v) is 6.11. The zero-order valence-electron chi connectivity index (χ0n) is 12.2. The summed E-state index contributed by atoms with van der Waals surface area (Å²) in [7, 11) is 0. The van der Waals surface area contributed by atoms with Gasteiger partial charge >= 0.3 is 5.97 Å². The molecule has 2 aliphatic rings. The summed E-state index contributed by atoms with van der Waals surface area (Å²) >= 11 is 1.22. The minimum Gasteiger partial charge on any atom is -0.476 e. The fraction of sp³-hybridized carbons (Fsp3) is 0.667. The summed E-state index contributed by atoms with van der Waals surface area (Å²) in [5.41, 5.74) is 0.427. The Kier molecular flexibility index (Phi) is 3.73. The highest BCUT2D eigenvalue weighted by Gasteiger charge is 2.37. The van der Waals surface area contributed by atoms with Crippen LogP contribution in [-0.4, -0.2) is 34.9 Å². The van der Waals surface area contributed by atoms with Crippen LogP contribution in [0.4, 0.5) is 5.13 Å². The van der Waals surface area contributed by atoms with Crippen molar-refractivity contribution in [1.82, 2.24) is 4.98 Å². The number of anilines is 1. The Hall–Kier alpha value is -1.43. The normalized spacial score (nSPS) is 20.9. The van der Waals surface area contributed by atoms with Crippen LogP contribution in [0.1, 0.15) is 65.6 Å². The summed E-state index contributed by atoms with van der Waals surface area (Å²) in [5.74, 6) is -1.34. The van der Waals surface area contributed by atoms with Gasteiger partial charge in [0.25, 0.3) is 0 Å². The minimum atomic E-state index is -1.12. The van der Waals surface area contributed by atoms with Crippen LogP contribution in [0.25, 0.3) is 0 Å². The number of carboxylic acids is 1.